The number of aromatic nitrogens is 2. The number of hydrogen-bond acceptors (Lipinski definition) is 4. The summed E-state index contributed by atoms with van der Waals surface area (Å²) in [6.45, 7) is 2.25. The van der Waals surface area contributed by atoms with Crippen LogP contribution in [-0.2, 0) is 7.05 Å². The second-order valence-electron chi connectivity index (χ2n) is 4.02. The van der Waals surface area contributed by atoms with Gasteiger partial charge in [0.1, 0.15) is 6.07 Å². The predicted molar refractivity (Wildman–Crippen MR) is 73.5 cm³/mol. The molecule has 0 spiro atoms. The van der Waals surface area contributed by atoms with E-state index in [0.717, 1.165) is 0 Å². The first kappa shape index (κ1) is 13.6. The summed E-state index contributed by atoms with van der Waals surface area (Å²) < 4.78 is 6.80. The molecule has 1 aromatic carbocycles. The Morgan fingerprint density at radius 2 is 2.15 bits per heavy atom. The molecule has 102 valence electrons. The number of rotatable bonds is 4. The summed E-state index contributed by atoms with van der Waals surface area (Å²) in [5, 5.41) is 11.8. The molecule has 20 heavy (non-hydrogen) atoms. The zero-order chi connectivity index (χ0) is 14.5. The number of nitrogens with zero attached hydrogens (tertiary/aromatic N) is 3. The number of nitrogens with one attached hydrogen (secondary N) is 1. The van der Waals surface area contributed by atoms with Crippen molar-refractivity contribution in [3.8, 4) is 12.1 Å². The third-order valence-corrected chi connectivity index (χ3v) is 2.70. The normalized spacial score (nSPS) is 9.85. The second kappa shape index (κ2) is 5.89. The molecule has 0 fully saturated rings. The highest BCUT2D eigenvalue weighted by Crippen LogP contribution is 2.21. The van der Waals surface area contributed by atoms with Gasteiger partial charge in [-0.15, -0.1) is 0 Å². The minimum Gasteiger partial charge on any atom is -0.465 e. The maximum absolute atomic E-state index is 12.1. The smallest absolute Gasteiger partial charge is 0.299 e. The van der Waals surface area contributed by atoms with E-state index >= 15 is 0 Å². The van der Waals surface area contributed by atoms with E-state index in [-0.39, 0.29) is 17.4 Å². The van der Waals surface area contributed by atoms with Gasteiger partial charge in [0.2, 0.25) is 0 Å². The minimum absolute atomic E-state index is 0.201. The molecule has 6 heteroatoms. The maximum atomic E-state index is 12.1. The van der Waals surface area contributed by atoms with E-state index in [2.05, 4.69) is 10.3 Å². The van der Waals surface area contributed by atoms with Crippen LogP contribution >= 0.6 is 0 Å². The fraction of sp³-hybridized carbons (Fsp3) is 0.214. The largest absolute Gasteiger partial charge is 0.465 e. The number of benzene rings is 1. The van der Waals surface area contributed by atoms with Crippen LogP contribution in [0.25, 0.3) is 0 Å². The Morgan fingerprint density at radius 3 is 2.75 bits per heavy atom. The van der Waals surface area contributed by atoms with Crippen molar-refractivity contribution in [3.63, 3.8) is 0 Å². The summed E-state index contributed by atoms with van der Waals surface area (Å²) in [5.41, 5.74) is 0.748. The van der Waals surface area contributed by atoms with E-state index in [0.29, 0.717) is 18.2 Å². The lowest BCUT2D eigenvalue weighted by molar-refractivity contribution is 0.102. The number of carbonyl (C=O) groups excluding carboxylic acids is 1. The molecule has 0 aliphatic heterocycles. The summed E-state index contributed by atoms with van der Waals surface area (Å²) >= 11 is 0. The second-order valence-corrected chi connectivity index (χ2v) is 4.02. The number of carbonyl (C=O) groups is 1. The van der Waals surface area contributed by atoms with Gasteiger partial charge in [0, 0.05) is 12.6 Å². The van der Waals surface area contributed by atoms with E-state index in [1.54, 1.807) is 31.3 Å². The van der Waals surface area contributed by atoms with E-state index in [9.17, 15) is 4.79 Å². The zero-order valence-corrected chi connectivity index (χ0v) is 11.3. The molecule has 1 heterocycles. The van der Waals surface area contributed by atoms with Gasteiger partial charge >= 0.3 is 0 Å². The van der Waals surface area contributed by atoms with E-state index in [1.807, 2.05) is 19.1 Å². The van der Waals surface area contributed by atoms with Gasteiger partial charge < -0.3 is 10.1 Å². The predicted octanol–water partition coefficient (Wildman–Crippen LogP) is 1.94. The van der Waals surface area contributed by atoms with Gasteiger partial charge in [0.15, 0.2) is 11.5 Å². The highest BCUT2D eigenvalue weighted by molar-refractivity contribution is 6.04. The first-order chi connectivity index (χ1) is 9.67. The summed E-state index contributed by atoms with van der Waals surface area (Å²) in [4.78, 5) is 16.2. The summed E-state index contributed by atoms with van der Waals surface area (Å²) in [6, 6.07) is 11.0. The Labute approximate surface area is 116 Å². The van der Waals surface area contributed by atoms with E-state index in [4.69, 9.17) is 10.00 Å². The van der Waals surface area contributed by atoms with Gasteiger partial charge in [-0.3, -0.25) is 9.36 Å². The Bertz CT molecular complexity index is 656. The van der Waals surface area contributed by atoms with Crippen LogP contribution in [0.3, 0.4) is 0 Å². The molecular weight excluding hydrogens is 256 g/mol. The molecule has 2 aromatic rings. The molecule has 0 bridgehead atoms. The fourth-order valence-electron chi connectivity index (χ4n) is 1.72. The molecule has 6 nitrogen and oxygen atoms in total. The van der Waals surface area contributed by atoms with Crippen molar-refractivity contribution in [1.29, 1.82) is 5.26 Å². The van der Waals surface area contributed by atoms with Gasteiger partial charge in [0.05, 0.1) is 6.61 Å². The zero-order valence-electron chi connectivity index (χ0n) is 11.3. The van der Waals surface area contributed by atoms with Crippen LogP contribution in [0, 0.1) is 11.3 Å². The Balaban J connectivity index is 2.28. The van der Waals surface area contributed by atoms with Crippen LogP contribution in [0.15, 0.2) is 30.3 Å². The van der Waals surface area contributed by atoms with Crippen molar-refractivity contribution in [2.45, 2.75) is 6.92 Å². The topological polar surface area (TPSA) is 79.9 Å². The third-order valence-electron chi connectivity index (χ3n) is 2.70. The molecule has 0 radical (unpaired) electrons. The van der Waals surface area contributed by atoms with Crippen molar-refractivity contribution in [1.82, 2.24) is 9.55 Å². The van der Waals surface area contributed by atoms with Crippen LogP contribution in [0.5, 0.6) is 6.01 Å². The Hall–Kier alpha value is -2.81. The summed E-state index contributed by atoms with van der Waals surface area (Å²) in [7, 11) is 1.66. The molecule has 0 saturated heterocycles. The highest BCUT2D eigenvalue weighted by atomic mass is 16.5. The van der Waals surface area contributed by atoms with Crippen molar-refractivity contribution in [3.05, 3.63) is 41.6 Å². The van der Waals surface area contributed by atoms with Gasteiger partial charge in [-0.1, -0.05) is 18.2 Å². The first-order valence-corrected chi connectivity index (χ1v) is 6.13. The van der Waals surface area contributed by atoms with Crippen LogP contribution < -0.4 is 10.1 Å². The molecule has 2 rings (SSSR count). The number of ether oxygens (including phenoxy) is 1. The van der Waals surface area contributed by atoms with Crippen LogP contribution in [0.2, 0.25) is 0 Å². The lowest BCUT2D eigenvalue weighted by atomic mass is 10.2. The molecule has 0 saturated carbocycles. The SMILES string of the molecule is CCOc1nc(NC(=O)c2ccccc2)c(C#N)n1C. The van der Waals surface area contributed by atoms with Gasteiger partial charge in [-0.2, -0.15) is 10.2 Å². The average Bonchev–Trinajstić information content (AvgIpc) is 2.76. The molecule has 0 aliphatic rings. The maximum Gasteiger partial charge on any atom is 0.299 e. The van der Waals surface area contributed by atoms with Crippen LogP contribution in [0.4, 0.5) is 5.82 Å². The van der Waals surface area contributed by atoms with E-state index in [1.165, 1.54) is 4.57 Å². The number of amides is 1. The van der Waals surface area contributed by atoms with Crippen LogP contribution in [0.1, 0.15) is 23.0 Å². The summed E-state index contributed by atoms with van der Waals surface area (Å²) in [5.74, 6) is -0.115. The molecular formula is C14H14N4O2. The lowest BCUT2D eigenvalue weighted by Gasteiger charge is -2.02. The summed E-state index contributed by atoms with van der Waals surface area (Å²) in [6.07, 6.45) is 0. The van der Waals surface area contributed by atoms with Gasteiger partial charge in [0.25, 0.3) is 11.9 Å². The molecule has 0 unspecified atom stereocenters. The Morgan fingerprint density at radius 1 is 1.45 bits per heavy atom. The first-order valence-electron chi connectivity index (χ1n) is 6.13. The molecule has 1 aromatic heterocycles. The van der Waals surface area contributed by atoms with Crippen LogP contribution in [-0.4, -0.2) is 22.1 Å². The standard InChI is InChI=1S/C14H14N4O2/c1-3-20-14-17-12(11(9-15)18(14)2)16-13(19)10-7-5-4-6-8-10/h4-8H,3H2,1-2H3,(H,16,19). The van der Waals surface area contributed by atoms with Crippen molar-refractivity contribution >= 4 is 11.7 Å². The number of imidazole rings is 1. The molecule has 0 aliphatic carbocycles. The average molecular weight is 270 g/mol. The fourth-order valence-corrected chi connectivity index (χ4v) is 1.72. The van der Waals surface area contributed by atoms with Gasteiger partial charge in [-0.25, -0.2) is 0 Å². The molecule has 0 atom stereocenters. The molecule has 1 amide bonds. The van der Waals surface area contributed by atoms with E-state index < -0.39 is 0 Å². The number of nitriles is 1. The van der Waals surface area contributed by atoms with Crippen molar-refractivity contribution in [2.75, 3.05) is 11.9 Å². The van der Waals surface area contributed by atoms with Crippen molar-refractivity contribution < 1.29 is 9.53 Å². The minimum atomic E-state index is -0.316. The number of hydrogen-bond donors (Lipinski definition) is 1. The molecule has 1 N–H and O–H groups in total. The quantitative estimate of drug-likeness (QED) is 0.920. The van der Waals surface area contributed by atoms with Gasteiger partial charge in [-0.05, 0) is 19.1 Å². The highest BCUT2D eigenvalue weighted by Gasteiger charge is 2.17. The third kappa shape index (κ3) is 2.62. The monoisotopic (exact) mass is 270 g/mol. The van der Waals surface area contributed by atoms with Crippen molar-refractivity contribution in [2.24, 2.45) is 7.05 Å². The Kier molecular flexibility index (Phi) is 4.01. The lowest BCUT2D eigenvalue weighted by Crippen LogP contribution is -2.13. The number of anilines is 1.